The molecule has 0 aliphatic carbocycles. The van der Waals surface area contributed by atoms with Gasteiger partial charge in [0, 0.05) is 34.0 Å². The Morgan fingerprint density at radius 2 is 1.88 bits per heavy atom. The number of nitrogens with zero attached hydrogens (tertiary/aromatic N) is 2. The highest BCUT2D eigenvalue weighted by Crippen LogP contribution is 2.28. The second-order valence-corrected chi connectivity index (χ2v) is 6.28. The van der Waals surface area contributed by atoms with Crippen LogP contribution in [0.4, 0.5) is 5.69 Å². The van der Waals surface area contributed by atoms with Crippen LogP contribution in [-0.2, 0) is 0 Å². The summed E-state index contributed by atoms with van der Waals surface area (Å²) in [7, 11) is 0. The van der Waals surface area contributed by atoms with E-state index < -0.39 is 0 Å². The molecule has 1 heterocycles. The van der Waals surface area contributed by atoms with E-state index in [1.54, 1.807) is 6.20 Å². The molecule has 0 aliphatic heterocycles. The molecule has 0 fully saturated rings. The Morgan fingerprint density at radius 1 is 1.12 bits per heavy atom. The van der Waals surface area contributed by atoms with Crippen molar-refractivity contribution in [2.45, 2.75) is 25.2 Å². The summed E-state index contributed by atoms with van der Waals surface area (Å²) >= 11 is 4.34. The summed E-state index contributed by atoms with van der Waals surface area (Å²) in [4.78, 5) is 0.925. The molecule has 2 aromatic carbocycles. The van der Waals surface area contributed by atoms with Gasteiger partial charge in [0.1, 0.15) is 0 Å². The summed E-state index contributed by atoms with van der Waals surface area (Å²) < 4.78 is 1.92. The lowest BCUT2D eigenvalue weighted by Gasteiger charge is -2.14. The van der Waals surface area contributed by atoms with E-state index in [-0.39, 0.29) is 0 Å². The molecule has 0 bridgehead atoms. The van der Waals surface area contributed by atoms with E-state index in [1.165, 1.54) is 0 Å². The molecule has 128 valence electrons. The predicted molar refractivity (Wildman–Crippen MR) is 108 cm³/mol. The van der Waals surface area contributed by atoms with E-state index in [0.29, 0.717) is 12.1 Å². The quantitative estimate of drug-likeness (QED) is 0.431. The zero-order valence-electron chi connectivity index (χ0n) is 14.5. The average Bonchev–Trinajstić information content (AvgIpc) is 3.11. The lowest BCUT2D eigenvalue weighted by molar-refractivity contribution is 0.886. The number of aromatic nitrogens is 2. The predicted octanol–water partition coefficient (Wildman–Crippen LogP) is 5.04. The molecule has 1 aromatic heterocycles. The molecule has 0 atom stereocenters. The van der Waals surface area contributed by atoms with E-state index >= 15 is 0 Å². The van der Waals surface area contributed by atoms with Gasteiger partial charge in [-0.3, -0.25) is 0 Å². The molecule has 0 amide bonds. The number of thiol groups is 1. The van der Waals surface area contributed by atoms with Gasteiger partial charge in [0.25, 0.3) is 0 Å². The molecule has 4 nitrogen and oxygen atoms in total. The third kappa shape index (κ3) is 3.61. The molecule has 3 aromatic rings. The fourth-order valence-electron chi connectivity index (χ4n) is 2.82. The highest BCUT2D eigenvalue weighted by atomic mass is 32.1. The second-order valence-electron chi connectivity index (χ2n) is 5.77. The monoisotopic (exact) mass is 350 g/mol. The van der Waals surface area contributed by atoms with Gasteiger partial charge in [-0.25, -0.2) is 4.68 Å². The minimum Gasteiger partial charge on any atom is -0.385 e. The minimum absolute atomic E-state index is 0.639. The normalized spacial score (nSPS) is 10.7. The first-order valence-electron chi connectivity index (χ1n) is 8.43. The number of benzene rings is 2. The van der Waals surface area contributed by atoms with Crippen LogP contribution in [0, 0.1) is 5.41 Å². The van der Waals surface area contributed by atoms with Gasteiger partial charge in [-0.05, 0) is 49.7 Å². The largest absolute Gasteiger partial charge is 0.385 e. The van der Waals surface area contributed by atoms with E-state index in [4.69, 9.17) is 5.41 Å². The fourth-order valence-corrected chi connectivity index (χ4v) is 2.96. The maximum Gasteiger partial charge on any atom is 0.0741 e. The van der Waals surface area contributed by atoms with Crippen LogP contribution >= 0.6 is 12.6 Å². The van der Waals surface area contributed by atoms with Crippen molar-refractivity contribution in [3.05, 3.63) is 60.3 Å². The Balaban J connectivity index is 2.06. The van der Waals surface area contributed by atoms with Crippen molar-refractivity contribution < 1.29 is 0 Å². The van der Waals surface area contributed by atoms with Gasteiger partial charge >= 0.3 is 0 Å². The van der Waals surface area contributed by atoms with Gasteiger partial charge in [-0.15, -0.1) is 12.6 Å². The molecule has 0 saturated carbocycles. The lowest BCUT2D eigenvalue weighted by atomic mass is 10.0. The van der Waals surface area contributed by atoms with Crippen LogP contribution in [0.15, 0.2) is 59.6 Å². The van der Waals surface area contributed by atoms with Gasteiger partial charge < -0.3 is 10.7 Å². The molecular weight excluding hydrogens is 328 g/mol. The molecule has 0 radical (unpaired) electrons. The third-order valence-electron chi connectivity index (χ3n) is 4.10. The molecular formula is C20H22N4S. The van der Waals surface area contributed by atoms with Crippen molar-refractivity contribution in [2.24, 2.45) is 0 Å². The van der Waals surface area contributed by atoms with Gasteiger partial charge in [0.15, 0.2) is 0 Å². The number of nitrogens with one attached hydrogen (secondary N) is 2. The highest BCUT2D eigenvalue weighted by molar-refractivity contribution is 7.80. The molecule has 0 unspecified atom stereocenters. The Morgan fingerprint density at radius 3 is 2.56 bits per heavy atom. The summed E-state index contributed by atoms with van der Waals surface area (Å²) in [5.41, 5.74) is 5.66. The standard InChI is InChI=1S/C20H22N4S/c1-3-18(21)17-10-5-14(13-19(17)22-4-2)20-11-12-23-24(20)15-6-8-16(25)9-7-15/h5-13,21-22,25H,3-4H2,1-2H3. The Bertz CT molecular complexity index is 881. The van der Waals surface area contributed by atoms with Crippen LogP contribution in [0.5, 0.6) is 0 Å². The van der Waals surface area contributed by atoms with Gasteiger partial charge in [0.2, 0.25) is 0 Å². The van der Waals surface area contributed by atoms with Crippen LogP contribution in [0.25, 0.3) is 16.9 Å². The van der Waals surface area contributed by atoms with Crippen molar-refractivity contribution >= 4 is 24.0 Å². The molecule has 0 spiro atoms. The van der Waals surface area contributed by atoms with Gasteiger partial charge in [0.05, 0.1) is 17.6 Å². The van der Waals surface area contributed by atoms with E-state index in [0.717, 1.165) is 39.6 Å². The van der Waals surface area contributed by atoms with Crippen molar-refractivity contribution in [3.63, 3.8) is 0 Å². The van der Waals surface area contributed by atoms with Crippen LogP contribution in [0.3, 0.4) is 0 Å². The Hall–Kier alpha value is -2.53. The first kappa shape index (κ1) is 17.3. The maximum absolute atomic E-state index is 8.17. The molecule has 2 N–H and O–H groups in total. The van der Waals surface area contributed by atoms with Gasteiger partial charge in [-0.2, -0.15) is 5.10 Å². The van der Waals surface area contributed by atoms with Crippen LogP contribution in [-0.4, -0.2) is 22.0 Å². The average molecular weight is 350 g/mol. The molecule has 3 rings (SSSR count). The van der Waals surface area contributed by atoms with Crippen molar-refractivity contribution in [1.29, 1.82) is 5.41 Å². The van der Waals surface area contributed by atoms with Crippen molar-refractivity contribution in [1.82, 2.24) is 9.78 Å². The van der Waals surface area contributed by atoms with Crippen LogP contribution < -0.4 is 5.32 Å². The summed E-state index contributed by atoms with van der Waals surface area (Å²) in [6.07, 6.45) is 2.52. The summed E-state index contributed by atoms with van der Waals surface area (Å²) in [5.74, 6) is 0. The Labute approximate surface area is 153 Å². The van der Waals surface area contributed by atoms with Crippen LogP contribution in [0.1, 0.15) is 25.8 Å². The zero-order chi connectivity index (χ0) is 17.8. The molecule has 0 aliphatic rings. The van der Waals surface area contributed by atoms with Crippen molar-refractivity contribution in [3.8, 4) is 16.9 Å². The lowest BCUT2D eigenvalue weighted by Crippen LogP contribution is -2.06. The SMILES string of the molecule is CCNc1cc(-c2ccnn2-c2ccc(S)cc2)ccc1C(=N)CC. The topological polar surface area (TPSA) is 53.7 Å². The van der Waals surface area contributed by atoms with E-state index in [9.17, 15) is 0 Å². The maximum atomic E-state index is 8.17. The first-order chi connectivity index (χ1) is 12.1. The number of hydrogen-bond acceptors (Lipinski definition) is 4. The van der Waals surface area contributed by atoms with E-state index in [2.05, 4.69) is 42.1 Å². The van der Waals surface area contributed by atoms with E-state index in [1.807, 2.05) is 48.0 Å². The number of anilines is 1. The van der Waals surface area contributed by atoms with Crippen LogP contribution in [0.2, 0.25) is 0 Å². The van der Waals surface area contributed by atoms with Gasteiger partial charge in [-0.1, -0.05) is 19.1 Å². The molecule has 0 saturated heterocycles. The smallest absolute Gasteiger partial charge is 0.0741 e. The third-order valence-corrected chi connectivity index (χ3v) is 4.40. The first-order valence-corrected chi connectivity index (χ1v) is 8.88. The summed E-state index contributed by atoms with van der Waals surface area (Å²) in [5, 5.41) is 16.0. The van der Waals surface area contributed by atoms with Crippen molar-refractivity contribution in [2.75, 3.05) is 11.9 Å². The highest BCUT2D eigenvalue weighted by Gasteiger charge is 2.12. The fraction of sp³-hybridized carbons (Fsp3) is 0.200. The molecule has 5 heteroatoms. The number of rotatable bonds is 6. The summed E-state index contributed by atoms with van der Waals surface area (Å²) in [6.45, 7) is 4.89. The minimum atomic E-state index is 0.639. The molecule has 25 heavy (non-hydrogen) atoms. The Kier molecular flexibility index (Phi) is 5.24. The second kappa shape index (κ2) is 7.57. The summed E-state index contributed by atoms with van der Waals surface area (Å²) in [6, 6.07) is 16.1. The zero-order valence-corrected chi connectivity index (χ0v) is 15.3. The number of hydrogen-bond donors (Lipinski definition) is 3.